The summed E-state index contributed by atoms with van der Waals surface area (Å²) in [5.74, 6) is 0. The van der Waals surface area contributed by atoms with Crippen molar-refractivity contribution in [1.29, 1.82) is 0 Å². The minimum atomic E-state index is -0.443. The molecule has 0 aliphatic carbocycles. The highest BCUT2D eigenvalue weighted by Crippen LogP contribution is 2.19. The molecule has 5 nitrogen and oxygen atoms in total. The number of carbonyl (C=O) groups is 1. The molecule has 0 atom stereocenters. The van der Waals surface area contributed by atoms with Crippen molar-refractivity contribution in [3.8, 4) is 0 Å². The Morgan fingerprint density at radius 2 is 1.78 bits per heavy atom. The van der Waals surface area contributed by atoms with Gasteiger partial charge < -0.3 is 20.3 Å². The van der Waals surface area contributed by atoms with Crippen molar-refractivity contribution in [3.05, 3.63) is 35.9 Å². The third kappa shape index (κ3) is 5.28. The van der Waals surface area contributed by atoms with Gasteiger partial charge in [0, 0.05) is 38.4 Å². The monoisotopic (exact) mass is 317 g/mol. The summed E-state index contributed by atoms with van der Waals surface area (Å²) in [5.41, 5.74) is 7.34. The van der Waals surface area contributed by atoms with Gasteiger partial charge in [-0.3, -0.25) is 0 Å². The Balaban J connectivity index is 1.89. The molecule has 126 valence electrons. The highest BCUT2D eigenvalue weighted by Gasteiger charge is 2.25. The SMILES string of the molecule is CC(C)(C)OC(=O)N1CCN(c2ccc(C=CCN)cc2)CC1. The van der Waals surface area contributed by atoms with Crippen molar-refractivity contribution in [2.45, 2.75) is 26.4 Å². The highest BCUT2D eigenvalue weighted by molar-refractivity contribution is 5.68. The summed E-state index contributed by atoms with van der Waals surface area (Å²) in [7, 11) is 0. The summed E-state index contributed by atoms with van der Waals surface area (Å²) in [6.45, 7) is 9.22. The largest absolute Gasteiger partial charge is 0.444 e. The molecule has 2 rings (SSSR count). The molecule has 2 N–H and O–H groups in total. The predicted octanol–water partition coefficient (Wildman–Crippen LogP) is 2.72. The van der Waals surface area contributed by atoms with Crippen LogP contribution in [0.4, 0.5) is 10.5 Å². The number of carbonyl (C=O) groups excluding carboxylic acids is 1. The van der Waals surface area contributed by atoms with Crippen LogP contribution in [-0.2, 0) is 4.74 Å². The second kappa shape index (κ2) is 7.51. The Labute approximate surface area is 138 Å². The molecule has 1 aliphatic heterocycles. The Morgan fingerprint density at radius 1 is 1.17 bits per heavy atom. The molecule has 1 aliphatic rings. The fraction of sp³-hybridized carbons (Fsp3) is 0.500. The maximum Gasteiger partial charge on any atom is 0.410 e. The number of benzene rings is 1. The van der Waals surface area contributed by atoms with E-state index in [2.05, 4.69) is 29.2 Å². The van der Waals surface area contributed by atoms with E-state index in [9.17, 15) is 4.79 Å². The summed E-state index contributed by atoms with van der Waals surface area (Å²) < 4.78 is 5.42. The molecule has 0 saturated carbocycles. The van der Waals surface area contributed by atoms with Crippen LogP contribution in [0.1, 0.15) is 26.3 Å². The van der Waals surface area contributed by atoms with Gasteiger partial charge in [-0.2, -0.15) is 0 Å². The zero-order valence-corrected chi connectivity index (χ0v) is 14.3. The van der Waals surface area contributed by atoms with Crippen molar-refractivity contribution in [2.75, 3.05) is 37.6 Å². The first kappa shape index (κ1) is 17.3. The minimum Gasteiger partial charge on any atom is -0.444 e. The van der Waals surface area contributed by atoms with E-state index in [4.69, 9.17) is 10.5 Å². The van der Waals surface area contributed by atoms with Crippen LogP contribution in [0.2, 0.25) is 0 Å². The van der Waals surface area contributed by atoms with E-state index in [1.54, 1.807) is 4.90 Å². The van der Waals surface area contributed by atoms with Crippen LogP contribution >= 0.6 is 0 Å². The molecule has 0 radical (unpaired) electrons. The van der Waals surface area contributed by atoms with Crippen LogP contribution < -0.4 is 10.6 Å². The number of nitrogens with two attached hydrogens (primary N) is 1. The molecule has 23 heavy (non-hydrogen) atoms. The number of hydrogen-bond acceptors (Lipinski definition) is 4. The van der Waals surface area contributed by atoms with Crippen LogP contribution in [0.15, 0.2) is 30.3 Å². The summed E-state index contributed by atoms with van der Waals surface area (Å²) in [4.78, 5) is 16.1. The fourth-order valence-electron chi connectivity index (χ4n) is 2.47. The normalized spacial score (nSPS) is 16.0. The van der Waals surface area contributed by atoms with Gasteiger partial charge >= 0.3 is 6.09 Å². The smallest absolute Gasteiger partial charge is 0.410 e. The summed E-state index contributed by atoms with van der Waals surface area (Å²) in [6, 6.07) is 8.39. The average molecular weight is 317 g/mol. The Bertz CT molecular complexity index is 538. The second-order valence-electron chi connectivity index (χ2n) is 6.68. The molecule has 1 aromatic carbocycles. The van der Waals surface area contributed by atoms with E-state index >= 15 is 0 Å². The third-order valence-corrected chi connectivity index (χ3v) is 3.64. The molecule has 1 heterocycles. The molecule has 0 bridgehead atoms. The maximum absolute atomic E-state index is 12.1. The lowest BCUT2D eigenvalue weighted by Crippen LogP contribution is -2.50. The highest BCUT2D eigenvalue weighted by atomic mass is 16.6. The summed E-state index contributed by atoms with van der Waals surface area (Å²) in [6.07, 6.45) is 3.73. The average Bonchev–Trinajstić information content (AvgIpc) is 2.52. The zero-order chi connectivity index (χ0) is 16.9. The van der Waals surface area contributed by atoms with Gasteiger partial charge in [0.1, 0.15) is 5.60 Å². The molecule has 1 saturated heterocycles. The molecule has 5 heteroatoms. The van der Waals surface area contributed by atoms with Crippen molar-refractivity contribution in [3.63, 3.8) is 0 Å². The Morgan fingerprint density at radius 3 is 2.30 bits per heavy atom. The van der Waals surface area contributed by atoms with Crippen LogP contribution in [-0.4, -0.2) is 49.3 Å². The van der Waals surface area contributed by atoms with Crippen LogP contribution in [0, 0.1) is 0 Å². The first-order chi connectivity index (χ1) is 10.9. The number of amides is 1. The third-order valence-electron chi connectivity index (χ3n) is 3.64. The lowest BCUT2D eigenvalue weighted by Gasteiger charge is -2.36. The van der Waals surface area contributed by atoms with Crippen molar-refractivity contribution in [2.24, 2.45) is 5.73 Å². The number of anilines is 1. The van der Waals surface area contributed by atoms with E-state index in [0.29, 0.717) is 19.6 Å². The predicted molar refractivity (Wildman–Crippen MR) is 94.6 cm³/mol. The second-order valence-corrected chi connectivity index (χ2v) is 6.68. The lowest BCUT2D eigenvalue weighted by atomic mass is 10.1. The standard InChI is InChI=1S/C18H27N3O2/c1-18(2,3)23-17(22)21-13-11-20(12-14-21)16-8-6-15(7-9-16)5-4-10-19/h4-9H,10-14,19H2,1-3H3. The topological polar surface area (TPSA) is 58.8 Å². The summed E-state index contributed by atoms with van der Waals surface area (Å²) in [5, 5.41) is 0. The van der Waals surface area contributed by atoms with Crippen molar-refractivity contribution >= 4 is 17.9 Å². The first-order valence-corrected chi connectivity index (χ1v) is 8.08. The van der Waals surface area contributed by atoms with Crippen LogP contribution in [0.25, 0.3) is 6.08 Å². The number of hydrogen-bond donors (Lipinski definition) is 1. The molecular weight excluding hydrogens is 290 g/mol. The van der Waals surface area contributed by atoms with Gasteiger partial charge in [-0.05, 0) is 38.5 Å². The van der Waals surface area contributed by atoms with E-state index in [-0.39, 0.29) is 6.09 Å². The Hall–Kier alpha value is -2.01. The van der Waals surface area contributed by atoms with Gasteiger partial charge in [0.2, 0.25) is 0 Å². The van der Waals surface area contributed by atoms with Gasteiger partial charge in [-0.25, -0.2) is 4.79 Å². The number of ether oxygens (including phenoxy) is 1. The fourth-order valence-corrected chi connectivity index (χ4v) is 2.47. The number of nitrogens with zero attached hydrogens (tertiary/aromatic N) is 2. The number of rotatable bonds is 3. The maximum atomic E-state index is 12.1. The van der Waals surface area contributed by atoms with Crippen LogP contribution in [0.5, 0.6) is 0 Å². The van der Waals surface area contributed by atoms with Gasteiger partial charge in [-0.1, -0.05) is 24.3 Å². The van der Waals surface area contributed by atoms with Gasteiger partial charge in [0.05, 0.1) is 0 Å². The summed E-state index contributed by atoms with van der Waals surface area (Å²) >= 11 is 0. The quantitative estimate of drug-likeness (QED) is 0.931. The zero-order valence-electron chi connectivity index (χ0n) is 14.3. The lowest BCUT2D eigenvalue weighted by molar-refractivity contribution is 0.0240. The number of piperazine rings is 1. The molecular formula is C18H27N3O2. The Kier molecular flexibility index (Phi) is 5.66. The molecule has 0 aromatic heterocycles. The van der Waals surface area contributed by atoms with Crippen LogP contribution in [0.3, 0.4) is 0 Å². The molecule has 1 aromatic rings. The van der Waals surface area contributed by atoms with Gasteiger partial charge in [-0.15, -0.1) is 0 Å². The van der Waals surface area contributed by atoms with Gasteiger partial charge in [0.15, 0.2) is 0 Å². The van der Waals surface area contributed by atoms with Crippen molar-refractivity contribution in [1.82, 2.24) is 4.90 Å². The van der Waals surface area contributed by atoms with Gasteiger partial charge in [0.25, 0.3) is 0 Å². The van der Waals surface area contributed by atoms with E-state index in [1.165, 1.54) is 5.69 Å². The molecule has 1 amide bonds. The molecule has 1 fully saturated rings. The van der Waals surface area contributed by atoms with E-state index < -0.39 is 5.60 Å². The van der Waals surface area contributed by atoms with E-state index in [0.717, 1.165) is 18.7 Å². The van der Waals surface area contributed by atoms with Crippen molar-refractivity contribution < 1.29 is 9.53 Å². The van der Waals surface area contributed by atoms with E-state index in [1.807, 2.05) is 32.9 Å². The minimum absolute atomic E-state index is 0.223. The molecule has 0 unspecified atom stereocenters. The molecule has 0 spiro atoms. The first-order valence-electron chi connectivity index (χ1n) is 8.08.